The highest BCUT2D eigenvalue weighted by molar-refractivity contribution is 6.45. The van der Waals surface area contributed by atoms with Gasteiger partial charge in [0.1, 0.15) is 5.82 Å². The van der Waals surface area contributed by atoms with Crippen LogP contribution in [0.1, 0.15) is 15.9 Å². The van der Waals surface area contributed by atoms with E-state index in [9.17, 15) is 13.6 Å². The number of carbonyl (C=O) groups excluding carboxylic acids is 1. The van der Waals surface area contributed by atoms with E-state index in [1.165, 1.54) is 19.2 Å². The Morgan fingerprint density at radius 1 is 1.14 bits per heavy atom. The molecule has 0 atom stereocenters. The molecule has 0 saturated carbocycles. The van der Waals surface area contributed by atoms with Gasteiger partial charge in [-0.05, 0) is 24.3 Å². The molecule has 0 spiro atoms. The predicted octanol–water partition coefficient (Wildman–Crippen LogP) is 4.09. The number of hydrogen-bond acceptors (Lipinski definition) is 3. The fourth-order valence-electron chi connectivity index (χ4n) is 1.82. The summed E-state index contributed by atoms with van der Waals surface area (Å²) in [5.74, 6) is -3.45. The first-order valence-electron chi connectivity index (χ1n) is 5.68. The minimum Gasteiger partial charge on any atom is -0.494 e. The molecule has 0 aromatic heterocycles. The van der Waals surface area contributed by atoms with Crippen molar-refractivity contribution in [2.75, 3.05) is 12.8 Å². The highest BCUT2D eigenvalue weighted by Gasteiger charge is 2.26. The normalized spacial score (nSPS) is 10.5. The van der Waals surface area contributed by atoms with Crippen molar-refractivity contribution in [2.45, 2.75) is 0 Å². The molecule has 0 saturated heterocycles. The molecule has 0 bridgehead atoms. The topological polar surface area (TPSA) is 52.3 Å². The lowest BCUT2D eigenvalue weighted by molar-refractivity contribution is 0.103. The molecular formula is C14H9Cl2F2NO2. The van der Waals surface area contributed by atoms with E-state index < -0.39 is 23.0 Å². The first-order chi connectivity index (χ1) is 9.88. The molecule has 0 amide bonds. The standard InChI is InChI=1S/C14H9Cl2F2NO2/c1-21-9-5-3-7(17)10(13(9)18)14(20)11-8(19)4-2-6(15)12(11)16/h2-5H,19H2,1H3. The first-order valence-corrected chi connectivity index (χ1v) is 6.44. The van der Waals surface area contributed by atoms with Gasteiger partial charge in [-0.15, -0.1) is 0 Å². The number of halogens is 4. The highest BCUT2D eigenvalue weighted by atomic mass is 35.5. The number of hydrogen-bond donors (Lipinski definition) is 1. The number of benzene rings is 2. The van der Waals surface area contributed by atoms with Gasteiger partial charge in [0.05, 0.1) is 28.3 Å². The number of ketones is 1. The van der Waals surface area contributed by atoms with Gasteiger partial charge in [0.15, 0.2) is 11.6 Å². The summed E-state index contributed by atoms with van der Waals surface area (Å²) >= 11 is 11.7. The molecule has 0 unspecified atom stereocenters. The molecule has 21 heavy (non-hydrogen) atoms. The van der Waals surface area contributed by atoms with Crippen molar-refractivity contribution in [3.63, 3.8) is 0 Å². The van der Waals surface area contributed by atoms with E-state index in [1.807, 2.05) is 0 Å². The van der Waals surface area contributed by atoms with E-state index in [0.717, 1.165) is 12.1 Å². The molecule has 2 aromatic carbocycles. The Kier molecular flexibility index (Phi) is 4.34. The van der Waals surface area contributed by atoms with E-state index >= 15 is 0 Å². The van der Waals surface area contributed by atoms with Crippen LogP contribution in [0, 0.1) is 11.6 Å². The van der Waals surface area contributed by atoms with Crippen molar-refractivity contribution in [2.24, 2.45) is 0 Å². The number of ether oxygens (including phenoxy) is 1. The quantitative estimate of drug-likeness (QED) is 0.680. The zero-order valence-electron chi connectivity index (χ0n) is 10.7. The van der Waals surface area contributed by atoms with Gasteiger partial charge >= 0.3 is 0 Å². The first kappa shape index (κ1) is 15.5. The third-order valence-corrected chi connectivity index (χ3v) is 3.66. The molecule has 0 aliphatic rings. The molecule has 0 aliphatic carbocycles. The number of rotatable bonds is 3. The lowest BCUT2D eigenvalue weighted by atomic mass is 10.00. The molecule has 0 heterocycles. The van der Waals surface area contributed by atoms with Crippen LogP contribution in [0.15, 0.2) is 24.3 Å². The summed E-state index contributed by atoms with van der Waals surface area (Å²) in [7, 11) is 1.20. The second-order valence-corrected chi connectivity index (χ2v) is 4.88. The van der Waals surface area contributed by atoms with Crippen LogP contribution >= 0.6 is 23.2 Å². The lowest BCUT2D eigenvalue weighted by Gasteiger charge is -2.11. The van der Waals surface area contributed by atoms with Crippen molar-refractivity contribution in [3.8, 4) is 5.75 Å². The second kappa shape index (κ2) is 5.87. The molecule has 3 nitrogen and oxygen atoms in total. The minimum absolute atomic E-state index is 0.0315. The summed E-state index contributed by atoms with van der Waals surface area (Å²) in [6.07, 6.45) is 0. The Balaban J connectivity index is 2.69. The van der Waals surface area contributed by atoms with Gasteiger partial charge in [-0.2, -0.15) is 0 Å². The summed E-state index contributed by atoms with van der Waals surface area (Å²) in [4.78, 5) is 12.4. The molecule has 7 heteroatoms. The number of nitrogen functional groups attached to an aromatic ring is 1. The van der Waals surface area contributed by atoms with Gasteiger partial charge < -0.3 is 10.5 Å². The van der Waals surface area contributed by atoms with Crippen molar-refractivity contribution in [1.82, 2.24) is 0 Å². The molecule has 110 valence electrons. The van der Waals surface area contributed by atoms with Crippen LogP contribution < -0.4 is 10.5 Å². The SMILES string of the molecule is COc1ccc(F)c(C(=O)c2c(N)ccc(Cl)c2Cl)c1F. The Hall–Kier alpha value is -1.85. The maximum atomic E-state index is 14.1. The Labute approximate surface area is 129 Å². The average Bonchev–Trinajstić information content (AvgIpc) is 2.44. The van der Waals surface area contributed by atoms with Crippen LogP contribution in [0.5, 0.6) is 5.75 Å². The van der Waals surface area contributed by atoms with Crippen LogP contribution in [0.2, 0.25) is 10.0 Å². The third kappa shape index (κ3) is 2.66. The number of carbonyl (C=O) groups is 1. The number of methoxy groups -OCH3 is 1. The van der Waals surface area contributed by atoms with Crippen LogP contribution in [-0.2, 0) is 0 Å². The molecular weight excluding hydrogens is 323 g/mol. The summed E-state index contributed by atoms with van der Waals surface area (Å²) in [6, 6.07) is 4.71. The number of nitrogens with two attached hydrogens (primary N) is 1. The van der Waals surface area contributed by atoms with Crippen LogP contribution in [0.25, 0.3) is 0 Å². The molecule has 0 radical (unpaired) electrons. The van der Waals surface area contributed by atoms with E-state index in [1.54, 1.807) is 0 Å². The summed E-state index contributed by atoms with van der Waals surface area (Å²) in [5, 5.41) is -0.110. The Morgan fingerprint density at radius 3 is 2.43 bits per heavy atom. The maximum absolute atomic E-state index is 14.1. The van der Waals surface area contributed by atoms with Crippen LogP contribution in [-0.4, -0.2) is 12.9 Å². The van der Waals surface area contributed by atoms with Gasteiger partial charge in [-0.25, -0.2) is 8.78 Å². The molecule has 2 N–H and O–H groups in total. The predicted molar refractivity (Wildman–Crippen MR) is 77.2 cm³/mol. The maximum Gasteiger partial charge on any atom is 0.202 e. The fourth-order valence-corrected chi connectivity index (χ4v) is 2.24. The van der Waals surface area contributed by atoms with Gasteiger partial charge in [-0.1, -0.05) is 23.2 Å². The molecule has 0 fully saturated rings. The van der Waals surface area contributed by atoms with Crippen molar-refractivity contribution in [3.05, 3.63) is 57.1 Å². The van der Waals surface area contributed by atoms with E-state index in [-0.39, 0.29) is 27.0 Å². The van der Waals surface area contributed by atoms with Gasteiger partial charge in [-0.3, -0.25) is 4.79 Å². The van der Waals surface area contributed by atoms with E-state index in [2.05, 4.69) is 0 Å². The molecule has 2 aromatic rings. The largest absolute Gasteiger partial charge is 0.494 e. The monoisotopic (exact) mass is 331 g/mol. The van der Waals surface area contributed by atoms with Gasteiger partial charge in [0.25, 0.3) is 0 Å². The van der Waals surface area contributed by atoms with E-state index in [0.29, 0.717) is 0 Å². The second-order valence-electron chi connectivity index (χ2n) is 4.09. The van der Waals surface area contributed by atoms with Crippen molar-refractivity contribution >= 4 is 34.7 Å². The summed E-state index contributed by atoms with van der Waals surface area (Å²) < 4.78 is 32.7. The van der Waals surface area contributed by atoms with Gasteiger partial charge in [0.2, 0.25) is 5.78 Å². The van der Waals surface area contributed by atoms with Crippen LogP contribution in [0.3, 0.4) is 0 Å². The van der Waals surface area contributed by atoms with Crippen molar-refractivity contribution < 1.29 is 18.3 Å². The summed E-state index contributed by atoms with van der Waals surface area (Å²) in [6.45, 7) is 0. The highest BCUT2D eigenvalue weighted by Crippen LogP contribution is 2.34. The van der Waals surface area contributed by atoms with E-state index in [4.69, 9.17) is 33.7 Å². The molecule has 2 rings (SSSR count). The molecule has 0 aliphatic heterocycles. The minimum atomic E-state index is -1.13. The Morgan fingerprint density at radius 2 is 1.81 bits per heavy atom. The van der Waals surface area contributed by atoms with Gasteiger partial charge in [0, 0.05) is 5.69 Å². The fraction of sp³-hybridized carbons (Fsp3) is 0.0714. The average molecular weight is 332 g/mol. The Bertz CT molecular complexity index is 735. The van der Waals surface area contributed by atoms with Crippen molar-refractivity contribution in [1.29, 1.82) is 0 Å². The zero-order valence-corrected chi connectivity index (χ0v) is 12.2. The number of anilines is 1. The smallest absolute Gasteiger partial charge is 0.202 e. The third-order valence-electron chi connectivity index (χ3n) is 2.86. The lowest BCUT2D eigenvalue weighted by Crippen LogP contribution is -2.12. The zero-order chi connectivity index (χ0) is 15.7. The van der Waals surface area contributed by atoms with Crippen LogP contribution in [0.4, 0.5) is 14.5 Å². The summed E-state index contributed by atoms with van der Waals surface area (Å²) in [5.41, 5.74) is 4.57.